The van der Waals surface area contributed by atoms with Gasteiger partial charge in [0.15, 0.2) is 0 Å². The molecule has 0 aliphatic rings. The van der Waals surface area contributed by atoms with Crippen LogP contribution in [-0.2, 0) is 0 Å². The Labute approximate surface area is 73.8 Å². The van der Waals surface area contributed by atoms with Crippen LogP contribution >= 0.6 is 11.6 Å². The highest BCUT2D eigenvalue weighted by molar-refractivity contribution is 6.28. The average molecular weight is 181 g/mol. The molecule has 0 fully saturated rings. The minimum Gasteiger partial charge on any atom is -0.238 e. The zero-order valence-corrected chi connectivity index (χ0v) is 6.81. The minimum absolute atomic E-state index is 0.242. The van der Waals surface area contributed by atoms with Gasteiger partial charge in [0.05, 0.1) is 12.4 Å². The topological polar surface area (TPSA) is 43.6 Å². The second-order valence-corrected chi connectivity index (χ2v) is 2.50. The first-order valence-electron chi connectivity index (χ1n) is 3.34. The van der Waals surface area contributed by atoms with E-state index in [1.807, 2.05) is 12.3 Å². The third-order valence-corrected chi connectivity index (χ3v) is 1.57. The van der Waals surface area contributed by atoms with E-state index in [1.165, 1.54) is 0 Å². The Balaban J connectivity index is 2.43. The van der Waals surface area contributed by atoms with Gasteiger partial charge in [0.25, 0.3) is 0 Å². The summed E-state index contributed by atoms with van der Waals surface area (Å²) in [5.41, 5.74) is 0.796. The molecule has 0 saturated heterocycles. The van der Waals surface area contributed by atoms with Crippen molar-refractivity contribution in [2.45, 2.75) is 0 Å². The highest BCUT2D eigenvalue weighted by Gasteiger charge is 1.96. The molecule has 0 unspecified atom stereocenters. The summed E-state index contributed by atoms with van der Waals surface area (Å²) < 4.78 is 1.66. The van der Waals surface area contributed by atoms with Gasteiger partial charge in [-0.15, -0.1) is 0 Å². The van der Waals surface area contributed by atoms with E-state index in [9.17, 15) is 0 Å². The van der Waals surface area contributed by atoms with E-state index in [-0.39, 0.29) is 5.28 Å². The van der Waals surface area contributed by atoms with Crippen molar-refractivity contribution in [1.29, 1.82) is 0 Å². The van der Waals surface area contributed by atoms with Gasteiger partial charge in [0, 0.05) is 12.4 Å². The first-order chi connectivity index (χ1) is 5.86. The minimum atomic E-state index is 0.242. The van der Waals surface area contributed by atoms with E-state index in [0.29, 0.717) is 0 Å². The molecule has 2 aromatic rings. The second-order valence-electron chi connectivity index (χ2n) is 2.16. The van der Waals surface area contributed by atoms with Crippen molar-refractivity contribution >= 4 is 11.6 Å². The summed E-state index contributed by atoms with van der Waals surface area (Å²) in [5, 5.41) is 4.25. The highest BCUT2D eigenvalue weighted by Crippen LogP contribution is 2.04. The first-order valence-corrected chi connectivity index (χ1v) is 3.71. The number of hydrogen-bond donors (Lipinski definition) is 0. The van der Waals surface area contributed by atoms with Crippen molar-refractivity contribution < 1.29 is 0 Å². The number of aromatic nitrogens is 4. The van der Waals surface area contributed by atoms with Gasteiger partial charge in [0.2, 0.25) is 5.28 Å². The lowest BCUT2D eigenvalue weighted by molar-refractivity contribution is 0.864. The zero-order chi connectivity index (χ0) is 8.39. The summed E-state index contributed by atoms with van der Waals surface area (Å²) in [6, 6.07) is 1.83. The SMILES string of the molecule is Clc1ncc(-n2cccn2)cn1. The van der Waals surface area contributed by atoms with Gasteiger partial charge in [-0.05, 0) is 17.7 Å². The van der Waals surface area contributed by atoms with Crippen molar-refractivity contribution in [3.63, 3.8) is 0 Å². The maximum Gasteiger partial charge on any atom is 0.222 e. The zero-order valence-electron chi connectivity index (χ0n) is 6.05. The highest BCUT2D eigenvalue weighted by atomic mass is 35.5. The van der Waals surface area contributed by atoms with Gasteiger partial charge >= 0.3 is 0 Å². The molecule has 5 heteroatoms. The second kappa shape index (κ2) is 2.91. The van der Waals surface area contributed by atoms with E-state index in [4.69, 9.17) is 11.6 Å². The van der Waals surface area contributed by atoms with Crippen LogP contribution in [0, 0.1) is 0 Å². The molecule has 0 aliphatic heterocycles. The Hall–Kier alpha value is -1.42. The number of nitrogens with zero attached hydrogens (tertiary/aromatic N) is 4. The van der Waals surface area contributed by atoms with Crippen LogP contribution in [0.3, 0.4) is 0 Å². The Kier molecular flexibility index (Phi) is 1.75. The fourth-order valence-electron chi connectivity index (χ4n) is 0.845. The molecule has 0 spiro atoms. The molecule has 4 nitrogen and oxygen atoms in total. The number of rotatable bonds is 1. The fraction of sp³-hybridized carbons (Fsp3) is 0. The molecule has 2 heterocycles. The van der Waals surface area contributed by atoms with Crippen LogP contribution in [0.1, 0.15) is 0 Å². The standard InChI is InChI=1S/C7H5ClN4/c8-7-9-4-6(5-10-7)12-3-1-2-11-12/h1-5H. The molecule has 12 heavy (non-hydrogen) atoms. The lowest BCUT2D eigenvalue weighted by atomic mass is 10.5. The molecule has 0 atom stereocenters. The predicted molar refractivity (Wildman–Crippen MR) is 44.2 cm³/mol. The van der Waals surface area contributed by atoms with Gasteiger partial charge in [-0.1, -0.05) is 0 Å². The van der Waals surface area contributed by atoms with Crippen LogP contribution in [-0.4, -0.2) is 19.7 Å². The fourth-order valence-corrected chi connectivity index (χ4v) is 0.943. The molecule has 0 aliphatic carbocycles. The number of halogens is 1. The molecule has 0 radical (unpaired) electrons. The van der Waals surface area contributed by atoms with E-state index >= 15 is 0 Å². The lowest BCUT2D eigenvalue weighted by Gasteiger charge is -1.97. The van der Waals surface area contributed by atoms with E-state index in [1.54, 1.807) is 23.3 Å². The Morgan fingerprint density at radius 3 is 2.58 bits per heavy atom. The normalized spacial score (nSPS) is 10.1. The van der Waals surface area contributed by atoms with E-state index in [2.05, 4.69) is 15.1 Å². The van der Waals surface area contributed by atoms with Crippen LogP contribution in [0.2, 0.25) is 5.28 Å². The predicted octanol–water partition coefficient (Wildman–Crippen LogP) is 1.32. The molecule has 0 bridgehead atoms. The van der Waals surface area contributed by atoms with Crippen molar-refractivity contribution in [2.24, 2.45) is 0 Å². The smallest absolute Gasteiger partial charge is 0.222 e. The van der Waals surface area contributed by atoms with Gasteiger partial charge < -0.3 is 0 Å². The molecule has 2 rings (SSSR count). The van der Waals surface area contributed by atoms with Crippen molar-refractivity contribution in [3.05, 3.63) is 36.1 Å². The van der Waals surface area contributed by atoms with Gasteiger partial charge in [0.1, 0.15) is 5.69 Å². The molecular formula is C7H5ClN4. The summed E-state index contributed by atoms with van der Waals surface area (Å²) in [6.45, 7) is 0. The molecule has 0 saturated carbocycles. The summed E-state index contributed by atoms with van der Waals surface area (Å²) in [5.74, 6) is 0. The van der Waals surface area contributed by atoms with Crippen LogP contribution in [0.25, 0.3) is 5.69 Å². The average Bonchev–Trinajstić information content (AvgIpc) is 2.58. The molecular weight excluding hydrogens is 176 g/mol. The Bertz CT molecular complexity index is 353. The van der Waals surface area contributed by atoms with Gasteiger partial charge in [-0.3, -0.25) is 0 Å². The molecule has 2 aromatic heterocycles. The maximum atomic E-state index is 5.52. The van der Waals surface area contributed by atoms with Crippen LogP contribution in [0.4, 0.5) is 0 Å². The third kappa shape index (κ3) is 1.29. The van der Waals surface area contributed by atoms with E-state index < -0.39 is 0 Å². The number of hydrogen-bond acceptors (Lipinski definition) is 3. The van der Waals surface area contributed by atoms with Crippen molar-refractivity contribution in [3.8, 4) is 5.69 Å². The monoisotopic (exact) mass is 180 g/mol. The Morgan fingerprint density at radius 2 is 2.00 bits per heavy atom. The third-order valence-electron chi connectivity index (χ3n) is 1.38. The molecule has 60 valence electrons. The quantitative estimate of drug-likeness (QED) is 0.622. The molecule has 0 amide bonds. The van der Waals surface area contributed by atoms with Gasteiger partial charge in [-0.2, -0.15) is 5.10 Å². The maximum absolute atomic E-state index is 5.52. The lowest BCUT2D eigenvalue weighted by Crippen LogP contribution is -1.95. The summed E-state index contributed by atoms with van der Waals surface area (Å²) in [4.78, 5) is 7.66. The van der Waals surface area contributed by atoms with Gasteiger partial charge in [-0.25, -0.2) is 14.6 Å². The van der Waals surface area contributed by atoms with Crippen LogP contribution < -0.4 is 0 Å². The Morgan fingerprint density at radius 1 is 1.25 bits per heavy atom. The summed E-state index contributed by atoms with van der Waals surface area (Å²) >= 11 is 5.52. The van der Waals surface area contributed by atoms with Crippen LogP contribution in [0.15, 0.2) is 30.9 Å². The van der Waals surface area contributed by atoms with E-state index in [0.717, 1.165) is 5.69 Å². The van der Waals surface area contributed by atoms with Crippen LogP contribution in [0.5, 0.6) is 0 Å². The largest absolute Gasteiger partial charge is 0.238 e. The summed E-state index contributed by atoms with van der Waals surface area (Å²) in [6.07, 6.45) is 6.73. The summed E-state index contributed by atoms with van der Waals surface area (Å²) in [7, 11) is 0. The van der Waals surface area contributed by atoms with Crippen molar-refractivity contribution in [2.75, 3.05) is 0 Å². The first kappa shape index (κ1) is 7.24. The molecule has 0 N–H and O–H groups in total. The molecule has 0 aromatic carbocycles. The van der Waals surface area contributed by atoms with Crippen molar-refractivity contribution in [1.82, 2.24) is 19.7 Å².